The van der Waals surface area contributed by atoms with Gasteiger partial charge in [0.2, 0.25) is 17.2 Å². The Bertz CT molecular complexity index is 1630. The van der Waals surface area contributed by atoms with E-state index >= 15 is 0 Å². The molecule has 226 valence electrons. The molecule has 0 aliphatic carbocycles. The maximum absolute atomic E-state index is 5.97. The van der Waals surface area contributed by atoms with Crippen molar-refractivity contribution < 1.29 is 42.5 Å². The lowest BCUT2D eigenvalue weighted by Gasteiger charge is -2.27. The standard InChI is InChI=1S/C33H37N2O8/c1-36-24-13-20(14-25(37-2)31(24)41-6)18-34-11-9-22-17-28(40-5)33(43-8)30-29(22)23(34)10-12-35(30)19-21-15-26(38-3)32(42-7)27(16-21)39-4/h9-17H,18-19H2,1-8H3/q+1. The Morgan fingerprint density at radius 1 is 0.581 bits per heavy atom. The van der Waals surface area contributed by atoms with Gasteiger partial charge in [-0.1, -0.05) is 0 Å². The van der Waals surface area contributed by atoms with Crippen molar-refractivity contribution in [2.75, 3.05) is 61.8 Å². The van der Waals surface area contributed by atoms with Crippen LogP contribution in [0, 0.1) is 0 Å². The number of rotatable bonds is 12. The number of hydrogen-bond donors (Lipinski definition) is 0. The molecule has 0 radical (unpaired) electrons. The van der Waals surface area contributed by atoms with E-state index in [0.29, 0.717) is 59.1 Å². The fourth-order valence-corrected chi connectivity index (χ4v) is 5.59. The highest BCUT2D eigenvalue weighted by Crippen LogP contribution is 2.44. The van der Waals surface area contributed by atoms with E-state index in [-0.39, 0.29) is 0 Å². The molecular formula is C33H37N2O8+. The summed E-state index contributed by atoms with van der Waals surface area (Å²) in [7, 11) is 12.9. The molecule has 10 heteroatoms. The molecular weight excluding hydrogens is 552 g/mol. The summed E-state index contributed by atoms with van der Waals surface area (Å²) in [6, 6.07) is 11.9. The summed E-state index contributed by atoms with van der Waals surface area (Å²) in [4.78, 5) is 2.19. The first kappa shape index (κ1) is 29.5. The van der Waals surface area contributed by atoms with Crippen molar-refractivity contribution in [1.29, 1.82) is 0 Å². The lowest BCUT2D eigenvalue weighted by molar-refractivity contribution is -0.662. The van der Waals surface area contributed by atoms with E-state index in [9.17, 15) is 0 Å². The highest BCUT2D eigenvalue weighted by atomic mass is 16.5. The molecule has 10 nitrogen and oxygen atoms in total. The van der Waals surface area contributed by atoms with Crippen molar-refractivity contribution in [3.05, 3.63) is 65.5 Å². The average Bonchev–Trinajstić information content (AvgIpc) is 3.05. The Balaban J connectivity index is 1.65. The van der Waals surface area contributed by atoms with Crippen LogP contribution < -0.4 is 47.4 Å². The van der Waals surface area contributed by atoms with Gasteiger partial charge in [0.25, 0.3) is 5.52 Å². The summed E-state index contributed by atoms with van der Waals surface area (Å²) in [5.41, 5.74) is 4.88. The van der Waals surface area contributed by atoms with Crippen LogP contribution in [0.2, 0.25) is 0 Å². The minimum atomic E-state index is 0.507. The Labute approximate surface area is 251 Å². The SMILES string of the molecule is COc1cc(CN2C=Cc3cc(OC)c(OC)c4c3c2cc[n+]4Cc2cc(OC)c(OC)c(OC)c2)cc(OC)c1OC. The molecule has 1 aromatic heterocycles. The van der Waals surface area contributed by atoms with E-state index in [1.165, 1.54) is 0 Å². The zero-order chi connectivity index (χ0) is 30.7. The van der Waals surface area contributed by atoms with Gasteiger partial charge in [-0.25, -0.2) is 0 Å². The first-order valence-electron chi connectivity index (χ1n) is 13.6. The van der Waals surface area contributed by atoms with Crippen LogP contribution >= 0.6 is 0 Å². The van der Waals surface area contributed by atoms with Gasteiger partial charge in [0.15, 0.2) is 41.5 Å². The van der Waals surface area contributed by atoms with E-state index in [1.54, 1.807) is 56.9 Å². The maximum atomic E-state index is 5.97. The molecule has 0 atom stereocenters. The van der Waals surface area contributed by atoms with Crippen LogP contribution in [0.3, 0.4) is 0 Å². The zero-order valence-electron chi connectivity index (χ0n) is 25.8. The third-order valence-electron chi connectivity index (χ3n) is 7.53. The number of hydrogen-bond acceptors (Lipinski definition) is 9. The molecule has 2 heterocycles. The maximum Gasteiger partial charge on any atom is 0.261 e. The summed E-state index contributed by atoms with van der Waals surface area (Å²) in [5, 5.41) is 1.03. The quantitative estimate of drug-likeness (QED) is 0.206. The van der Waals surface area contributed by atoms with Gasteiger partial charge in [0, 0.05) is 24.4 Å². The zero-order valence-corrected chi connectivity index (χ0v) is 25.8. The number of ether oxygens (including phenoxy) is 8. The van der Waals surface area contributed by atoms with Crippen LogP contribution in [0.4, 0.5) is 5.69 Å². The number of anilines is 1. The highest BCUT2D eigenvalue weighted by molar-refractivity contribution is 6.03. The fourth-order valence-electron chi connectivity index (χ4n) is 5.59. The van der Waals surface area contributed by atoms with E-state index < -0.39 is 0 Å². The molecule has 3 aromatic carbocycles. The van der Waals surface area contributed by atoms with E-state index in [1.807, 2.05) is 36.5 Å². The molecule has 0 N–H and O–H groups in total. The van der Waals surface area contributed by atoms with Gasteiger partial charge in [-0.15, -0.1) is 0 Å². The molecule has 1 aliphatic rings. The summed E-state index contributed by atoms with van der Waals surface area (Å²) in [6.45, 7) is 1.07. The summed E-state index contributed by atoms with van der Waals surface area (Å²) >= 11 is 0. The molecule has 0 amide bonds. The average molecular weight is 590 g/mol. The predicted molar refractivity (Wildman–Crippen MR) is 164 cm³/mol. The molecule has 0 bridgehead atoms. The van der Waals surface area contributed by atoms with Crippen molar-refractivity contribution in [1.82, 2.24) is 0 Å². The first-order valence-corrected chi connectivity index (χ1v) is 13.6. The van der Waals surface area contributed by atoms with Gasteiger partial charge in [-0.2, -0.15) is 4.57 Å². The smallest absolute Gasteiger partial charge is 0.261 e. The molecule has 1 aliphatic heterocycles. The molecule has 4 aromatic rings. The molecule has 43 heavy (non-hydrogen) atoms. The molecule has 0 saturated carbocycles. The van der Waals surface area contributed by atoms with Gasteiger partial charge in [-0.05, 0) is 47.5 Å². The summed E-state index contributed by atoms with van der Waals surface area (Å²) < 4.78 is 47.3. The normalized spacial score (nSPS) is 11.8. The molecule has 0 saturated heterocycles. The second-order valence-corrected chi connectivity index (χ2v) is 9.76. The number of pyridine rings is 1. The third-order valence-corrected chi connectivity index (χ3v) is 7.53. The van der Waals surface area contributed by atoms with Crippen LogP contribution in [0.1, 0.15) is 16.7 Å². The van der Waals surface area contributed by atoms with Gasteiger partial charge in [-0.3, -0.25) is 0 Å². The number of nitrogens with zero attached hydrogens (tertiary/aromatic N) is 2. The van der Waals surface area contributed by atoms with Crippen molar-refractivity contribution in [2.45, 2.75) is 13.1 Å². The minimum absolute atomic E-state index is 0.507. The van der Waals surface area contributed by atoms with Crippen molar-refractivity contribution in [3.8, 4) is 46.0 Å². The van der Waals surface area contributed by atoms with Gasteiger partial charge in [0.1, 0.15) is 0 Å². The van der Waals surface area contributed by atoms with Crippen molar-refractivity contribution >= 4 is 22.7 Å². The first-order chi connectivity index (χ1) is 20.9. The lowest BCUT2D eigenvalue weighted by Crippen LogP contribution is -2.36. The molecule has 0 spiro atoms. The Hall–Kier alpha value is -4.99. The topological polar surface area (TPSA) is 81.0 Å². The highest BCUT2D eigenvalue weighted by Gasteiger charge is 2.29. The number of methoxy groups -OCH3 is 8. The van der Waals surface area contributed by atoms with Gasteiger partial charge < -0.3 is 42.8 Å². The van der Waals surface area contributed by atoms with E-state index in [0.717, 1.165) is 33.3 Å². The Kier molecular flexibility index (Phi) is 8.56. The monoisotopic (exact) mass is 589 g/mol. The second kappa shape index (κ2) is 12.5. The summed E-state index contributed by atoms with van der Waals surface area (Å²) in [5.74, 6) is 4.76. The predicted octanol–water partition coefficient (Wildman–Crippen LogP) is 5.24. The summed E-state index contributed by atoms with van der Waals surface area (Å²) in [6.07, 6.45) is 6.20. The molecule has 0 fully saturated rings. The largest absolute Gasteiger partial charge is 0.493 e. The van der Waals surface area contributed by atoms with Gasteiger partial charge >= 0.3 is 0 Å². The van der Waals surface area contributed by atoms with E-state index in [2.05, 4.69) is 27.8 Å². The molecule has 5 rings (SSSR count). The van der Waals surface area contributed by atoms with Crippen LogP contribution in [-0.2, 0) is 13.1 Å². The van der Waals surface area contributed by atoms with Gasteiger partial charge in [0.05, 0.1) is 68.0 Å². The Morgan fingerprint density at radius 2 is 1.07 bits per heavy atom. The fraction of sp³-hybridized carbons (Fsp3) is 0.303. The van der Waals surface area contributed by atoms with Crippen LogP contribution in [0.15, 0.2) is 48.8 Å². The third kappa shape index (κ3) is 5.24. The minimum Gasteiger partial charge on any atom is -0.493 e. The number of aromatic nitrogens is 1. The van der Waals surface area contributed by atoms with Crippen molar-refractivity contribution in [2.24, 2.45) is 0 Å². The number of benzene rings is 3. The second-order valence-electron chi connectivity index (χ2n) is 9.76. The van der Waals surface area contributed by atoms with Crippen LogP contribution in [-0.4, -0.2) is 56.9 Å². The van der Waals surface area contributed by atoms with Crippen molar-refractivity contribution in [3.63, 3.8) is 0 Å². The Morgan fingerprint density at radius 3 is 1.56 bits per heavy atom. The van der Waals surface area contributed by atoms with E-state index in [4.69, 9.17) is 37.9 Å². The molecule has 0 unspecified atom stereocenters. The lowest BCUT2D eigenvalue weighted by atomic mass is 10.00. The van der Waals surface area contributed by atoms with Crippen LogP contribution in [0.25, 0.3) is 17.0 Å². The van der Waals surface area contributed by atoms with Crippen LogP contribution in [0.5, 0.6) is 46.0 Å².